The molecule has 0 saturated heterocycles. The van der Waals surface area contributed by atoms with Crippen molar-refractivity contribution in [2.75, 3.05) is 10.6 Å². The molecule has 0 bridgehead atoms. The van der Waals surface area contributed by atoms with Gasteiger partial charge in [-0.3, -0.25) is 14.6 Å². The maximum atomic E-state index is 13.2. The minimum atomic E-state index is -1.18. The molecular weight excluding hydrogens is 487 g/mol. The highest BCUT2D eigenvalue weighted by Gasteiger charge is 2.21. The lowest BCUT2D eigenvalue weighted by Gasteiger charge is -2.13. The number of carbonyl (C=O) groups is 1. The molecule has 38 heavy (non-hydrogen) atoms. The molecule has 0 atom stereocenters. The molecule has 1 heterocycles. The Morgan fingerprint density at radius 3 is 1.79 bits per heavy atom. The molecule has 0 aliphatic rings. The predicted octanol–water partition coefficient (Wildman–Crippen LogP) is 5.24. The highest BCUT2D eigenvalue weighted by Crippen LogP contribution is 2.24. The molecule has 4 aromatic carbocycles. The van der Waals surface area contributed by atoms with Crippen LogP contribution in [0.4, 0.5) is 21.6 Å². The third-order valence-electron chi connectivity index (χ3n) is 5.89. The van der Waals surface area contributed by atoms with E-state index in [1.54, 1.807) is 48.5 Å². The molecule has 0 spiro atoms. The van der Waals surface area contributed by atoms with Crippen molar-refractivity contribution in [2.45, 2.75) is 0 Å². The second kappa shape index (κ2) is 10.3. The van der Waals surface area contributed by atoms with E-state index in [1.807, 2.05) is 42.5 Å². The molecule has 9 heteroatoms. The van der Waals surface area contributed by atoms with Gasteiger partial charge in [0.25, 0.3) is 5.91 Å². The third kappa shape index (κ3) is 5.07. The highest BCUT2D eigenvalue weighted by atomic mass is 19.1. The number of rotatable bonds is 6. The van der Waals surface area contributed by atoms with Gasteiger partial charge < -0.3 is 15.8 Å². The molecule has 0 aliphatic heterocycles. The van der Waals surface area contributed by atoms with Crippen LogP contribution in [0.3, 0.4) is 0 Å². The summed E-state index contributed by atoms with van der Waals surface area (Å²) in [6, 6.07) is 29.6. The number of halogens is 1. The van der Waals surface area contributed by atoms with Crippen LogP contribution < -0.4 is 21.9 Å². The molecule has 1 aromatic heterocycles. The average molecular weight is 509 g/mol. The first-order valence-corrected chi connectivity index (χ1v) is 11.6. The van der Waals surface area contributed by atoms with Gasteiger partial charge in [-0.05, 0) is 58.7 Å². The van der Waals surface area contributed by atoms with Gasteiger partial charge in [0.05, 0.1) is 0 Å². The van der Waals surface area contributed by atoms with Crippen molar-refractivity contribution in [3.8, 4) is 22.3 Å². The highest BCUT2D eigenvalue weighted by molar-refractivity contribution is 6.07. The Morgan fingerprint density at radius 1 is 0.711 bits per heavy atom. The maximum absolute atomic E-state index is 13.2. The lowest BCUT2D eigenvalue weighted by atomic mass is 10.1. The Morgan fingerprint density at radius 2 is 1.21 bits per heavy atom. The van der Waals surface area contributed by atoms with Crippen LogP contribution in [0.25, 0.3) is 22.3 Å². The summed E-state index contributed by atoms with van der Waals surface area (Å²) in [6.45, 7) is 0. The quantitative estimate of drug-likeness (QED) is 0.234. The van der Waals surface area contributed by atoms with Crippen molar-refractivity contribution in [1.82, 2.24) is 9.71 Å². The first-order valence-electron chi connectivity index (χ1n) is 11.6. The van der Waals surface area contributed by atoms with E-state index in [9.17, 15) is 24.0 Å². The van der Waals surface area contributed by atoms with E-state index in [-0.39, 0.29) is 16.4 Å². The van der Waals surface area contributed by atoms with Crippen molar-refractivity contribution in [2.24, 2.45) is 0 Å². The van der Waals surface area contributed by atoms with E-state index in [0.29, 0.717) is 11.4 Å². The summed E-state index contributed by atoms with van der Waals surface area (Å²) in [5.74, 6) is -1.35. The second-order valence-corrected chi connectivity index (χ2v) is 8.40. The van der Waals surface area contributed by atoms with Gasteiger partial charge in [-0.15, -0.1) is 0 Å². The van der Waals surface area contributed by atoms with E-state index in [1.165, 1.54) is 12.1 Å². The standard InChI is InChI=1S/C29H21FN4O4/c30-22-12-6-19(7-13-22)21-10-16-24(17-11-21)32-27(35)25-26(33-29(37)34(38)28(25)36)31-23-14-8-20(9-15-23)18-4-2-1-3-5-18/h1-17,31,38H,(H,32,35)(H,33,37). The Labute approximate surface area is 215 Å². The Bertz CT molecular complexity index is 1710. The molecule has 188 valence electrons. The van der Waals surface area contributed by atoms with Gasteiger partial charge in [-0.2, -0.15) is 0 Å². The van der Waals surface area contributed by atoms with Gasteiger partial charge in [0, 0.05) is 11.4 Å². The summed E-state index contributed by atoms with van der Waals surface area (Å²) in [5.41, 5.74) is 1.67. The van der Waals surface area contributed by atoms with Gasteiger partial charge in [0.2, 0.25) is 0 Å². The van der Waals surface area contributed by atoms with E-state index in [0.717, 1.165) is 22.3 Å². The summed E-state index contributed by atoms with van der Waals surface area (Å²) in [6.07, 6.45) is 0. The normalized spacial score (nSPS) is 10.7. The van der Waals surface area contributed by atoms with Crippen LogP contribution in [0.2, 0.25) is 0 Å². The average Bonchev–Trinajstić information content (AvgIpc) is 2.94. The number of benzene rings is 4. The van der Waals surface area contributed by atoms with Crippen molar-refractivity contribution in [3.05, 3.63) is 135 Å². The zero-order chi connectivity index (χ0) is 26.6. The number of hydrogen-bond acceptors (Lipinski definition) is 5. The SMILES string of the molecule is O=C(Nc1ccc(-c2ccc(F)cc2)cc1)c1c(Nc2ccc(-c3ccccc3)cc2)[nH]c(=O)n(O)c1=O. The molecule has 0 saturated carbocycles. The minimum absolute atomic E-state index is 0.157. The van der Waals surface area contributed by atoms with Gasteiger partial charge in [-0.1, -0.05) is 71.5 Å². The van der Waals surface area contributed by atoms with Crippen LogP contribution in [0.15, 0.2) is 113 Å². The Kier molecular flexibility index (Phi) is 6.56. The molecule has 4 N–H and O–H groups in total. The molecule has 8 nitrogen and oxygen atoms in total. The topological polar surface area (TPSA) is 116 Å². The summed E-state index contributed by atoms with van der Waals surface area (Å²) < 4.78 is 13.0. The van der Waals surface area contributed by atoms with E-state index < -0.39 is 22.7 Å². The fourth-order valence-corrected chi connectivity index (χ4v) is 3.93. The van der Waals surface area contributed by atoms with E-state index in [4.69, 9.17) is 0 Å². The Balaban J connectivity index is 1.40. The number of aromatic nitrogens is 2. The summed E-state index contributed by atoms with van der Waals surface area (Å²) >= 11 is 0. The maximum Gasteiger partial charge on any atom is 0.363 e. The van der Waals surface area contributed by atoms with Crippen LogP contribution in [0.1, 0.15) is 10.4 Å². The first-order chi connectivity index (χ1) is 18.4. The molecular formula is C29H21FN4O4. The second-order valence-electron chi connectivity index (χ2n) is 8.40. The van der Waals surface area contributed by atoms with Crippen molar-refractivity contribution >= 4 is 23.1 Å². The van der Waals surface area contributed by atoms with Crippen molar-refractivity contribution in [3.63, 3.8) is 0 Å². The number of anilines is 3. The fraction of sp³-hybridized carbons (Fsp3) is 0. The number of nitrogens with one attached hydrogen (secondary N) is 3. The number of nitrogens with zero attached hydrogens (tertiary/aromatic N) is 1. The van der Waals surface area contributed by atoms with Crippen LogP contribution >= 0.6 is 0 Å². The fourth-order valence-electron chi connectivity index (χ4n) is 3.93. The van der Waals surface area contributed by atoms with Crippen molar-refractivity contribution in [1.29, 1.82) is 0 Å². The predicted molar refractivity (Wildman–Crippen MR) is 143 cm³/mol. The number of hydrogen-bond donors (Lipinski definition) is 4. The van der Waals surface area contributed by atoms with Gasteiger partial charge >= 0.3 is 11.2 Å². The van der Waals surface area contributed by atoms with Crippen LogP contribution in [0.5, 0.6) is 0 Å². The smallest absolute Gasteiger partial charge is 0.363 e. The molecule has 5 rings (SSSR count). The largest absolute Gasteiger partial charge is 0.421 e. The summed E-state index contributed by atoms with van der Waals surface area (Å²) in [4.78, 5) is 40.2. The van der Waals surface area contributed by atoms with Crippen LogP contribution in [-0.4, -0.2) is 20.8 Å². The Hall–Kier alpha value is -5.44. The summed E-state index contributed by atoms with van der Waals surface area (Å²) in [7, 11) is 0. The lowest BCUT2D eigenvalue weighted by molar-refractivity contribution is 0.101. The molecule has 0 aliphatic carbocycles. The number of aromatic amines is 1. The molecule has 1 amide bonds. The number of carbonyl (C=O) groups excluding carboxylic acids is 1. The monoisotopic (exact) mass is 508 g/mol. The van der Waals surface area contributed by atoms with Crippen molar-refractivity contribution < 1.29 is 14.4 Å². The molecule has 0 unspecified atom stereocenters. The van der Waals surface area contributed by atoms with Gasteiger partial charge in [0.15, 0.2) is 0 Å². The number of amides is 1. The summed E-state index contributed by atoms with van der Waals surface area (Å²) in [5, 5.41) is 15.4. The third-order valence-corrected chi connectivity index (χ3v) is 5.89. The van der Waals surface area contributed by atoms with E-state index in [2.05, 4.69) is 15.6 Å². The zero-order valence-corrected chi connectivity index (χ0v) is 19.8. The molecule has 0 fully saturated rings. The lowest BCUT2D eigenvalue weighted by Crippen LogP contribution is -2.39. The number of H-pyrrole nitrogens is 1. The molecule has 0 radical (unpaired) electrons. The van der Waals surface area contributed by atoms with Crippen LogP contribution in [0, 0.1) is 5.82 Å². The zero-order valence-electron chi connectivity index (χ0n) is 19.8. The van der Waals surface area contributed by atoms with Crippen LogP contribution in [-0.2, 0) is 0 Å². The first kappa shape index (κ1) is 24.3. The van der Waals surface area contributed by atoms with Gasteiger partial charge in [-0.25, -0.2) is 9.18 Å². The molecule has 5 aromatic rings. The van der Waals surface area contributed by atoms with E-state index >= 15 is 0 Å². The minimum Gasteiger partial charge on any atom is -0.421 e. The van der Waals surface area contributed by atoms with Gasteiger partial charge in [0.1, 0.15) is 17.2 Å².